The van der Waals surface area contributed by atoms with Crippen molar-refractivity contribution in [1.82, 2.24) is 4.90 Å². The van der Waals surface area contributed by atoms with E-state index < -0.39 is 23.5 Å². The fraction of sp³-hybridized carbons (Fsp3) is 0.278. The van der Waals surface area contributed by atoms with E-state index in [2.05, 4.69) is 54.4 Å². The quantitative estimate of drug-likeness (QED) is 0.282. The van der Waals surface area contributed by atoms with Gasteiger partial charge >= 0.3 is 5.97 Å². The van der Waals surface area contributed by atoms with Crippen molar-refractivity contribution >= 4 is 17.6 Å². The van der Waals surface area contributed by atoms with Gasteiger partial charge in [-0.1, -0.05) is 123 Å². The lowest BCUT2D eigenvalue weighted by Crippen LogP contribution is -2.54. The zero-order chi connectivity index (χ0) is 28.1. The first kappa shape index (κ1) is 25.7. The van der Waals surface area contributed by atoms with Gasteiger partial charge in [0.2, 0.25) is 5.91 Å². The fourth-order valence-electron chi connectivity index (χ4n) is 7.79. The first-order chi connectivity index (χ1) is 20.0. The van der Waals surface area contributed by atoms with Crippen LogP contribution in [0.1, 0.15) is 60.6 Å². The van der Waals surface area contributed by atoms with Crippen LogP contribution in [-0.2, 0) is 19.7 Å². The summed E-state index contributed by atoms with van der Waals surface area (Å²) >= 11 is 0. The number of anilines is 1. The Labute approximate surface area is 241 Å². The molecule has 2 saturated heterocycles. The minimum Gasteiger partial charge on any atom is -0.454 e. The molecule has 206 valence electrons. The van der Waals surface area contributed by atoms with Gasteiger partial charge in [-0.25, -0.2) is 0 Å². The lowest BCUT2D eigenvalue weighted by atomic mass is 9.63. The summed E-state index contributed by atoms with van der Waals surface area (Å²) < 4.78 is 6.47. The molecule has 6 atom stereocenters. The second kappa shape index (κ2) is 10.0. The third kappa shape index (κ3) is 3.86. The Kier molecular flexibility index (Phi) is 6.28. The number of amides is 1. The summed E-state index contributed by atoms with van der Waals surface area (Å²) in [4.78, 5) is 31.4. The zero-order valence-corrected chi connectivity index (χ0v) is 23.3. The van der Waals surface area contributed by atoms with Crippen molar-refractivity contribution in [2.75, 3.05) is 5.32 Å². The van der Waals surface area contributed by atoms with E-state index in [0.29, 0.717) is 0 Å². The Morgan fingerprint density at radius 3 is 1.93 bits per heavy atom. The lowest BCUT2D eigenvalue weighted by Gasteiger charge is -2.46. The van der Waals surface area contributed by atoms with Crippen molar-refractivity contribution in [3.05, 3.63) is 138 Å². The molecular formula is C36H34N2O3. The molecule has 3 aliphatic heterocycles. The Balaban J connectivity index is 1.53. The highest BCUT2D eigenvalue weighted by Crippen LogP contribution is 2.63. The molecule has 41 heavy (non-hydrogen) atoms. The van der Waals surface area contributed by atoms with Gasteiger partial charge in [-0.3, -0.25) is 14.5 Å². The average molecular weight is 543 g/mol. The Morgan fingerprint density at radius 2 is 1.29 bits per heavy atom. The highest BCUT2D eigenvalue weighted by atomic mass is 16.6. The molecule has 0 unspecified atom stereocenters. The second-order valence-electron chi connectivity index (χ2n) is 11.9. The van der Waals surface area contributed by atoms with Crippen molar-refractivity contribution in [1.29, 1.82) is 0 Å². The third-order valence-corrected chi connectivity index (χ3v) is 9.22. The predicted molar refractivity (Wildman–Crippen MR) is 159 cm³/mol. The van der Waals surface area contributed by atoms with Crippen LogP contribution in [0.5, 0.6) is 0 Å². The maximum atomic E-state index is 14.6. The van der Waals surface area contributed by atoms with Gasteiger partial charge in [0.1, 0.15) is 17.6 Å². The van der Waals surface area contributed by atoms with Gasteiger partial charge in [-0.05, 0) is 40.7 Å². The van der Waals surface area contributed by atoms with Crippen LogP contribution in [0.4, 0.5) is 5.69 Å². The average Bonchev–Trinajstić information content (AvgIpc) is 3.46. The number of carbonyl (C=O) groups is 2. The standard InChI is InChI=1S/C36H34N2O3/c1-23(2)22-29-36(27-20-12-13-21-28(27)37-35(36)40)30(24-14-6-3-7-15-24)32-34(39)41-33(26-18-10-5-11-19-26)31(38(29)32)25-16-8-4-9-17-25/h3-21,23,29-33H,22H2,1-2H3,(H,37,40)/t29-,30-,31+,32+,33-,36-/m0/s1. The number of fused-ring (bicyclic) bond motifs is 3. The fourth-order valence-corrected chi connectivity index (χ4v) is 7.79. The molecule has 2 fully saturated rings. The van der Waals surface area contributed by atoms with Crippen LogP contribution in [0.3, 0.4) is 0 Å². The molecule has 1 N–H and O–H groups in total. The molecule has 0 saturated carbocycles. The van der Waals surface area contributed by atoms with Gasteiger partial charge in [0.25, 0.3) is 0 Å². The normalized spacial score (nSPS) is 28.8. The van der Waals surface area contributed by atoms with Crippen LogP contribution in [-0.4, -0.2) is 28.9 Å². The lowest BCUT2D eigenvalue weighted by molar-refractivity contribution is -0.176. The van der Waals surface area contributed by atoms with Gasteiger partial charge in [0.15, 0.2) is 0 Å². The van der Waals surface area contributed by atoms with Crippen LogP contribution in [0.2, 0.25) is 0 Å². The molecule has 3 aliphatic rings. The van der Waals surface area contributed by atoms with E-state index in [0.717, 1.165) is 34.4 Å². The number of nitrogens with zero attached hydrogens (tertiary/aromatic N) is 1. The molecule has 7 rings (SSSR count). The minimum absolute atomic E-state index is 0.0384. The summed E-state index contributed by atoms with van der Waals surface area (Å²) in [6.07, 6.45) is 0.239. The number of morpholine rings is 1. The molecule has 0 bridgehead atoms. The van der Waals surface area contributed by atoms with Crippen molar-refractivity contribution < 1.29 is 14.3 Å². The van der Waals surface area contributed by atoms with Crippen molar-refractivity contribution in [3.63, 3.8) is 0 Å². The van der Waals surface area contributed by atoms with Gasteiger partial charge in [-0.15, -0.1) is 0 Å². The summed E-state index contributed by atoms with van der Waals surface area (Å²) in [5, 5.41) is 3.24. The highest BCUT2D eigenvalue weighted by Gasteiger charge is 2.71. The highest BCUT2D eigenvalue weighted by molar-refractivity contribution is 6.09. The number of esters is 1. The Hall–Kier alpha value is -4.22. The Bertz CT molecular complexity index is 1570. The van der Waals surface area contributed by atoms with E-state index in [-0.39, 0.29) is 29.9 Å². The monoisotopic (exact) mass is 542 g/mol. The largest absolute Gasteiger partial charge is 0.454 e. The van der Waals surface area contributed by atoms with E-state index in [1.807, 2.05) is 84.9 Å². The summed E-state index contributed by atoms with van der Waals surface area (Å²) in [6.45, 7) is 4.40. The predicted octanol–water partition coefficient (Wildman–Crippen LogP) is 6.80. The summed E-state index contributed by atoms with van der Waals surface area (Å²) in [5.74, 6) is -0.449. The minimum atomic E-state index is -0.968. The summed E-state index contributed by atoms with van der Waals surface area (Å²) in [7, 11) is 0. The number of nitrogens with one attached hydrogen (secondary N) is 1. The number of carbonyl (C=O) groups excluding carboxylic acids is 2. The number of ether oxygens (including phenoxy) is 1. The molecule has 0 aromatic heterocycles. The molecule has 0 radical (unpaired) electrons. The summed E-state index contributed by atoms with van der Waals surface area (Å²) in [5.41, 5.74) is 3.83. The Morgan fingerprint density at radius 1 is 0.732 bits per heavy atom. The third-order valence-electron chi connectivity index (χ3n) is 9.22. The SMILES string of the molecule is CC(C)C[C@@H]1N2[C@H](c3ccccc3)[C@H](c3ccccc3)OC(=O)[C@H]2[C@H](c2ccccc2)[C@@]12C(=O)Nc1ccccc12. The van der Waals surface area contributed by atoms with Crippen molar-refractivity contribution in [3.8, 4) is 0 Å². The molecular weight excluding hydrogens is 508 g/mol. The topological polar surface area (TPSA) is 58.6 Å². The zero-order valence-electron chi connectivity index (χ0n) is 23.3. The molecule has 5 nitrogen and oxygen atoms in total. The number of hydrogen-bond donors (Lipinski definition) is 1. The van der Waals surface area contributed by atoms with E-state index in [4.69, 9.17) is 4.74 Å². The number of para-hydroxylation sites is 1. The molecule has 4 aromatic rings. The van der Waals surface area contributed by atoms with E-state index in [9.17, 15) is 9.59 Å². The number of rotatable bonds is 5. The van der Waals surface area contributed by atoms with Crippen LogP contribution in [0, 0.1) is 5.92 Å². The maximum absolute atomic E-state index is 14.6. The van der Waals surface area contributed by atoms with Gasteiger partial charge in [0.05, 0.1) is 6.04 Å². The van der Waals surface area contributed by atoms with Crippen LogP contribution in [0.15, 0.2) is 115 Å². The maximum Gasteiger partial charge on any atom is 0.324 e. The van der Waals surface area contributed by atoms with Gasteiger partial charge in [0, 0.05) is 17.6 Å². The first-order valence-corrected chi connectivity index (χ1v) is 14.6. The molecule has 4 aromatic carbocycles. The van der Waals surface area contributed by atoms with Crippen LogP contribution in [0.25, 0.3) is 0 Å². The van der Waals surface area contributed by atoms with Crippen molar-refractivity contribution in [2.24, 2.45) is 5.92 Å². The van der Waals surface area contributed by atoms with Crippen LogP contribution >= 0.6 is 0 Å². The molecule has 5 heteroatoms. The van der Waals surface area contributed by atoms with E-state index in [1.165, 1.54) is 0 Å². The summed E-state index contributed by atoms with van der Waals surface area (Å²) in [6, 6.07) is 37.3. The van der Waals surface area contributed by atoms with Gasteiger partial charge in [-0.2, -0.15) is 0 Å². The molecule has 1 spiro atoms. The number of cyclic esters (lactones) is 1. The van der Waals surface area contributed by atoms with Gasteiger partial charge < -0.3 is 10.1 Å². The number of benzene rings is 4. The second-order valence-corrected chi connectivity index (χ2v) is 11.9. The number of hydrogen-bond acceptors (Lipinski definition) is 4. The molecule has 0 aliphatic carbocycles. The van der Waals surface area contributed by atoms with Crippen molar-refractivity contribution in [2.45, 2.75) is 55.8 Å². The molecule has 3 heterocycles. The van der Waals surface area contributed by atoms with E-state index >= 15 is 0 Å². The van der Waals surface area contributed by atoms with E-state index in [1.54, 1.807) is 0 Å². The van der Waals surface area contributed by atoms with Crippen LogP contribution < -0.4 is 5.32 Å². The first-order valence-electron chi connectivity index (χ1n) is 14.6. The molecule has 1 amide bonds. The smallest absolute Gasteiger partial charge is 0.324 e.